The first-order valence-electron chi connectivity index (χ1n) is 3.91. The molecule has 1 aromatic carbocycles. The normalized spacial score (nSPS) is 13.5. The average Bonchev–Trinajstić information content (AvgIpc) is 2.20. The fourth-order valence-corrected chi connectivity index (χ4v) is 1.88. The zero-order valence-corrected chi connectivity index (χ0v) is 8.36. The molecule has 1 N–H and O–H groups in total. The van der Waals surface area contributed by atoms with Crippen LogP contribution in [0.15, 0.2) is 35.5 Å². The smallest absolute Gasteiger partial charge is 0.216 e. The molecular formula is C8H10N2O3S. The van der Waals surface area contributed by atoms with E-state index in [4.69, 9.17) is 0 Å². The molecule has 0 spiro atoms. The lowest BCUT2D eigenvalue weighted by Gasteiger charge is -2.08. The molecule has 76 valence electrons. The molecule has 1 atom stereocenters. The van der Waals surface area contributed by atoms with Crippen LogP contribution in [-0.4, -0.2) is 15.5 Å². The second kappa shape index (κ2) is 4.30. The van der Waals surface area contributed by atoms with Crippen molar-refractivity contribution >= 4 is 10.0 Å². The highest BCUT2D eigenvalue weighted by Gasteiger charge is 2.26. The summed E-state index contributed by atoms with van der Waals surface area (Å²) in [6, 6.07) is 8.12. The Bertz CT molecular complexity index is 402. The van der Waals surface area contributed by atoms with E-state index in [2.05, 4.69) is 9.90 Å². The van der Waals surface area contributed by atoms with E-state index in [0.29, 0.717) is 5.56 Å². The molecule has 1 unspecified atom stereocenters. The summed E-state index contributed by atoms with van der Waals surface area (Å²) in [6.07, 6.45) is 0. The van der Waals surface area contributed by atoms with Crippen LogP contribution < -0.4 is 4.72 Å². The first kappa shape index (κ1) is 10.8. The molecule has 0 amide bonds. The highest BCUT2D eigenvalue weighted by Crippen LogP contribution is 2.21. The summed E-state index contributed by atoms with van der Waals surface area (Å²) >= 11 is 0. The Labute approximate surface area is 82.2 Å². The van der Waals surface area contributed by atoms with Crippen molar-refractivity contribution in [3.63, 3.8) is 0 Å². The summed E-state index contributed by atoms with van der Waals surface area (Å²) in [5, 5.41) is 1.22. The van der Waals surface area contributed by atoms with Crippen LogP contribution in [-0.2, 0) is 10.0 Å². The fraction of sp³-hybridized carbons (Fsp3) is 0.250. The molecule has 0 aromatic heterocycles. The lowest BCUT2D eigenvalue weighted by Crippen LogP contribution is -2.24. The molecule has 0 bridgehead atoms. The Balaban J connectivity index is 3.12. The van der Waals surface area contributed by atoms with Crippen LogP contribution in [0.2, 0.25) is 0 Å². The van der Waals surface area contributed by atoms with Crippen LogP contribution in [0.1, 0.15) is 10.9 Å². The van der Waals surface area contributed by atoms with Crippen LogP contribution in [0.3, 0.4) is 0 Å². The summed E-state index contributed by atoms with van der Waals surface area (Å²) in [6.45, 7) is 0. The fourth-order valence-electron chi connectivity index (χ4n) is 1.03. The number of sulfonamides is 1. The molecule has 0 saturated heterocycles. The van der Waals surface area contributed by atoms with Crippen LogP contribution in [0.4, 0.5) is 0 Å². The van der Waals surface area contributed by atoms with Crippen molar-refractivity contribution in [1.29, 1.82) is 0 Å². The summed E-state index contributed by atoms with van der Waals surface area (Å²) < 4.78 is 24.7. The van der Waals surface area contributed by atoms with Gasteiger partial charge in [0.25, 0.3) is 0 Å². The minimum Gasteiger partial charge on any atom is -0.216 e. The van der Waals surface area contributed by atoms with Gasteiger partial charge in [-0.25, -0.2) is 13.1 Å². The van der Waals surface area contributed by atoms with Gasteiger partial charge in [-0.05, 0) is 17.8 Å². The largest absolute Gasteiger partial charge is 0.242 e. The highest BCUT2D eigenvalue weighted by atomic mass is 32.2. The minimum atomic E-state index is -3.69. The van der Waals surface area contributed by atoms with Gasteiger partial charge >= 0.3 is 0 Å². The monoisotopic (exact) mass is 214 g/mol. The highest BCUT2D eigenvalue weighted by molar-refractivity contribution is 7.89. The van der Waals surface area contributed by atoms with E-state index in [1.165, 1.54) is 7.05 Å². The molecule has 0 fully saturated rings. The molecule has 0 heterocycles. The maximum Gasteiger partial charge on any atom is 0.242 e. The Kier molecular flexibility index (Phi) is 3.32. The molecule has 0 aliphatic heterocycles. The minimum absolute atomic E-state index is 0.358. The Hall–Kier alpha value is -1.27. The summed E-state index contributed by atoms with van der Waals surface area (Å²) in [7, 11) is -2.45. The molecule has 5 nitrogen and oxygen atoms in total. The van der Waals surface area contributed by atoms with E-state index in [0.717, 1.165) is 0 Å². The van der Waals surface area contributed by atoms with E-state index in [9.17, 15) is 13.3 Å². The van der Waals surface area contributed by atoms with Crippen molar-refractivity contribution in [1.82, 2.24) is 4.72 Å². The standard InChI is InChI=1S/C8H10N2O3S/c1-9-14(12,13)8(10-11)7-5-3-2-4-6-7/h2-6,8-9H,1H3. The molecule has 1 rings (SSSR count). The molecule has 0 saturated carbocycles. The molecule has 1 aromatic rings. The number of hydrogen-bond acceptors (Lipinski definition) is 4. The second-order valence-corrected chi connectivity index (χ2v) is 4.56. The molecule has 14 heavy (non-hydrogen) atoms. The van der Waals surface area contributed by atoms with Gasteiger partial charge in [-0.2, -0.15) is 0 Å². The van der Waals surface area contributed by atoms with Crippen LogP contribution in [0.5, 0.6) is 0 Å². The van der Waals surface area contributed by atoms with Crippen molar-refractivity contribution < 1.29 is 8.42 Å². The van der Waals surface area contributed by atoms with Gasteiger partial charge in [0, 0.05) is 0 Å². The summed E-state index contributed by atoms with van der Waals surface area (Å²) in [5.74, 6) is 0. The van der Waals surface area contributed by atoms with Crippen molar-refractivity contribution in [2.45, 2.75) is 5.37 Å². The predicted octanol–water partition coefficient (Wildman–Crippen LogP) is 1.00. The van der Waals surface area contributed by atoms with E-state index in [-0.39, 0.29) is 0 Å². The number of benzene rings is 1. The van der Waals surface area contributed by atoms with Gasteiger partial charge in [0.15, 0.2) is 0 Å². The van der Waals surface area contributed by atoms with E-state index >= 15 is 0 Å². The first-order valence-corrected chi connectivity index (χ1v) is 5.46. The summed E-state index contributed by atoms with van der Waals surface area (Å²) in [5.41, 5.74) is 0.358. The van der Waals surface area contributed by atoms with Gasteiger partial charge in [-0.15, -0.1) is 4.91 Å². The molecule has 0 aliphatic rings. The Morgan fingerprint density at radius 3 is 2.29 bits per heavy atom. The van der Waals surface area contributed by atoms with Crippen LogP contribution in [0, 0.1) is 4.91 Å². The zero-order valence-electron chi connectivity index (χ0n) is 7.54. The number of hydrogen-bond donors (Lipinski definition) is 1. The number of rotatable bonds is 4. The van der Waals surface area contributed by atoms with Crippen molar-refractivity contribution in [2.24, 2.45) is 5.18 Å². The third-order valence-corrected chi connectivity index (χ3v) is 3.27. The molecule has 6 heteroatoms. The van der Waals surface area contributed by atoms with Crippen LogP contribution in [0.25, 0.3) is 0 Å². The topological polar surface area (TPSA) is 75.6 Å². The first-order chi connectivity index (χ1) is 6.61. The molecule has 0 radical (unpaired) electrons. The van der Waals surface area contributed by atoms with Gasteiger partial charge in [0.05, 0.1) is 0 Å². The Morgan fingerprint density at radius 1 is 1.29 bits per heavy atom. The second-order valence-electron chi connectivity index (χ2n) is 2.62. The van der Waals surface area contributed by atoms with Gasteiger partial charge in [-0.3, -0.25) is 0 Å². The van der Waals surface area contributed by atoms with E-state index < -0.39 is 15.4 Å². The lowest BCUT2D eigenvalue weighted by atomic mass is 10.2. The van der Waals surface area contributed by atoms with Gasteiger partial charge in [0.2, 0.25) is 15.4 Å². The number of nitroso groups, excluding NO2 is 1. The number of nitrogens with one attached hydrogen (secondary N) is 1. The van der Waals surface area contributed by atoms with Crippen molar-refractivity contribution in [3.8, 4) is 0 Å². The molecular weight excluding hydrogens is 204 g/mol. The third-order valence-electron chi connectivity index (χ3n) is 1.76. The SMILES string of the molecule is CNS(=O)(=O)C(N=O)c1ccccc1. The van der Waals surface area contributed by atoms with Crippen molar-refractivity contribution in [2.75, 3.05) is 7.05 Å². The van der Waals surface area contributed by atoms with E-state index in [1.54, 1.807) is 30.3 Å². The average molecular weight is 214 g/mol. The molecule has 0 aliphatic carbocycles. The quantitative estimate of drug-likeness (QED) is 0.760. The maximum atomic E-state index is 11.3. The van der Waals surface area contributed by atoms with Gasteiger partial charge in [-0.1, -0.05) is 30.3 Å². The Morgan fingerprint density at radius 2 is 1.86 bits per heavy atom. The van der Waals surface area contributed by atoms with Gasteiger partial charge < -0.3 is 0 Å². The van der Waals surface area contributed by atoms with Crippen LogP contribution >= 0.6 is 0 Å². The van der Waals surface area contributed by atoms with E-state index in [1.807, 2.05) is 0 Å². The van der Waals surface area contributed by atoms with Crippen molar-refractivity contribution in [3.05, 3.63) is 40.8 Å². The zero-order chi connectivity index (χ0) is 10.6. The van der Waals surface area contributed by atoms with Gasteiger partial charge in [0.1, 0.15) is 0 Å². The predicted molar refractivity (Wildman–Crippen MR) is 53.0 cm³/mol. The third kappa shape index (κ3) is 2.15. The summed E-state index contributed by atoms with van der Waals surface area (Å²) in [4.78, 5) is 10.4. The lowest BCUT2D eigenvalue weighted by molar-refractivity contribution is 0.575. The maximum absolute atomic E-state index is 11.3. The number of nitrogens with zero attached hydrogens (tertiary/aromatic N) is 1.